The summed E-state index contributed by atoms with van der Waals surface area (Å²) in [6.07, 6.45) is 1.15. The Bertz CT molecular complexity index is 422. The van der Waals surface area contributed by atoms with Gasteiger partial charge in [-0.1, -0.05) is 30.3 Å². The first-order chi connectivity index (χ1) is 7.69. The molecule has 1 N–H and O–H groups in total. The van der Waals surface area contributed by atoms with E-state index < -0.39 is 0 Å². The second kappa shape index (κ2) is 5.43. The van der Waals surface area contributed by atoms with Crippen LogP contribution < -0.4 is 5.32 Å². The summed E-state index contributed by atoms with van der Waals surface area (Å²) in [5, 5.41) is 5.65. The Morgan fingerprint density at radius 1 is 1.62 bits per heavy atom. The van der Waals surface area contributed by atoms with Crippen LogP contribution >= 0.6 is 39.3 Å². The third-order valence-corrected chi connectivity index (χ3v) is 4.51. The van der Waals surface area contributed by atoms with Gasteiger partial charge in [0.25, 0.3) is 0 Å². The maximum atomic E-state index is 5.89. The number of nitrogens with one attached hydrogen (secondary N) is 1. The molecule has 2 rings (SSSR count). The molecule has 0 spiro atoms. The van der Waals surface area contributed by atoms with Crippen LogP contribution in [0.25, 0.3) is 0 Å². The first kappa shape index (κ1) is 12.3. The third kappa shape index (κ3) is 2.93. The van der Waals surface area contributed by atoms with Crippen LogP contribution in [0.5, 0.6) is 0 Å². The average Bonchev–Trinajstić information content (AvgIpc) is 2.70. The van der Waals surface area contributed by atoms with E-state index in [9.17, 15) is 0 Å². The molecule has 0 amide bonds. The summed E-state index contributed by atoms with van der Waals surface area (Å²) >= 11 is 11.2. The predicted molar refractivity (Wildman–Crippen MR) is 76.7 cm³/mol. The SMILES string of the molecule is CCC1CN=C(Nc2ccc(Cl)cc2Br)S1. The maximum absolute atomic E-state index is 5.89. The van der Waals surface area contributed by atoms with Gasteiger partial charge < -0.3 is 5.32 Å². The van der Waals surface area contributed by atoms with Crippen LogP contribution in [-0.2, 0) is 0 Å². The van der Waals surface area contributed by atoms with E-state index >= 15 is 0 Å². The summed E-state index contributed by atoms with van der Waals surface area (Å²) in [6.45, 7) is 3.10. The highest BCUT2D eigenvalue weighted by atomic mass is 79.9. The molecule has 0 saturated heterocycles. The lowest BCUT2D eigenvalue weighted by Gasteiger charge is -2.09. The first-order valence-electron chi connectivity index (χ1n) is 5.12. The molecule has 1 unspecified atom stereocenters. The molecular formula is C11H12BrClN2S. The Morgan fingerprint density at radius 2 is 2.44 bits per heavy atom. The van der Waals surface area contributed by atoms with Crippen molar-refractivity contribution in [2.45, 2.75) is 18.6 Å². The van der Waals surface area contributed by atoms with Gasteiger partial charge >= 0.3 is 0 Å². The second-order valence-corrected chi connectivity index (χ2v) is 6.12. The van der Waals surface area contributed by atoms with Crippen molar-refractivity contribution in [1.29, 1.82) is 0 Å². The van der Waals surface area contributed by atoms with Gasteiger partial charge in [-0.2, -0.15) is 0 Å². The molecule has 0 radical (unpaired) electrons. The zero-order chi connectivity index (χ0) is 11.5. The molecule has 1 aliphatic rings. The summed E-state index contributed by atoms with van der Waals surface area (Å²) in [5.41, 5.74) is 1.01. The summed E-state index contributed by atoms with van der Waals surface area (Å²) in [7, 11) is 0. The van der Waals surface area contributed by atoms with Gasteiger partial charge in [-0.25, -0.2) is 0 Å². The summed E-state index contributed by atoms with van der Waals surface area (Å²) in [6, 6.07) is 5.70. The van der Waals surface area contributed by atoms with Crippen molar-refractivity contribution < 1.29 is 0 Å². The molecule has 5 heteroatoms. The number of anilines is 1. The standard InChI is InChI=1S/C11H12BrClN2S/c1-2-8-6-14-11(16-8)15-10-4-3-7(13)5-9(10)12/h3-5,8H,2,6H2,1H3,(H,14,15). The van der Waals surface area contributed by atoms with Gasteiger partial charge in [0.05, 0.1) is 12.2 Å². The number of benzene rings is 1. The number of rotatable bonds is 2. The molecule has 0 saturated carbocycles. The largest absolute Gasteiger partial charge is 0.334 e. The van der Waals surface area contributed by atoms with E-state index in [1.165, 1.54) is 0 Å². The maximum Gasteiger partial charge on any atom is 0.161 e. The lowest BCUT2D eigenvalue weighted by Crippen LogP contribution is -2.07. The number of hydrogen-bond acceptors (Lipinski definition) is 3. The topological polar surface area (TPSA) is 24.4 Å². The van der Waals surface area contributed by atoms with Crippen molar-refractivity contribution >= 4 is 50.1 Å². The number of halogens is 2. The number of nitrogens with zero attached hydrogens (tertiary/aromatic N) is 1. The monoisotopic (exact) mass is 318 g/mol. The van der Waals surface area contributed by atoms with E-state index in [1.807, 2.05) is 18.2 Å². The molecule has 2 nitrogen and oxygen atoms in total. The van der Waals surface area contributed by atoms with Gasteiger partial charge in [0, 0.05) is 14.7 Å². The van der Waals surface area contributed by atoms with Gasteiger partial charge in [-0.15, -0.1) is 0 Å². The predicted octanol–water partition coefficient (Wildman–Crippen LogP) is 4.40. The molecule has 0 aromatic heterocycles. The lowest BCUT2D eigenvalue weighted by atomic mass is 10.3. The minimum atomic E-state index is 0.619. The molecular weight excluding hydrogens is 308 g/mol. The fraction of sp³-hybridized carbons (Fsp3) is 0.364. The van der Waals surface area contributed by atoms with Crippen molar-refractivity contribution in [2.24, 2.45) is 4.99 Å². The molecule has 1 atom stereocenters. The highest BCUT2D eigenvalue weighted by molar-refractivity contribution is 9.10. The molecule has 0 aliphatic carbocycles. The summed E-state index contributed by atoms with van der Waals surface area (Å²) < 4.78 is 0.961. The molecule has 16 heavy (non-hydrogen) atoms. The first-order valence-corrected chi connectivity index (χ1v) is 7.17. The van der Waals surface area contributed by atoms with Gasteiger partial charge in [0.15, 0.2) is 5.17 Å². The highest BCUT2D eigenvalue weighted by Gasteiger charge is 2.18. The van der Waals surface area contributed by atoms with E-state index in [4.69, 9.17) is 11.6 Å². The van der Waals surface area contributed by atoms with Crippen LogP contribution in [-0.4, -0.2) is 17.0 Å². The molecule has 1 aromatic rings. The van der Waals surface area contributed by atoms with Crippen LogP contribution in [0, 0.1) is 0 Å². The zero-order valence-electron chi connectivity index (χ0n) is 8.84. The van der Waals surface area contributed by atoms with E-state index in [0.29, 0.717) is 5.25 Å². The Balaban J connectivity index is 2.05. The number of aliphatic imine (C=N–C) groups is 1. The molecule has 1 aliphatic heterocycles. The molecule has 1 aromatic carbocycles. The van der Waals surface area contributed by atoms with Crippen molar-refractivity contribution in [3.63, 3.8) is 0 Å². The fourth-order valence-electron chi connectivity index (χ4n) is 1.40. The van der Waals surface area contributed by atoms with Gasteiger partial charge in [-0.3, -0.25) is 4.99 Å². The lowest BCUT2D eigenvalue weighted by molar-refractivity contribution is 0.843. The minimum Gasteiger partial charge on any atom is -0.334 e. The quantitative estimate of drug-likeness (QED) is 0.874. The van der Waals surface area contributed by atoms with Gasteiger partial charge in [0.2, 0.25) is 0 Å². The Kier molecular flexibility index (Phi) is 4.16. The molecule has 0 fully saturated rings. The Morgan fingerprint density at radius 3 is 3.06 bits per heavy atom. The zero-order valence-corrected chi connectivity index (χ0v) is 12.0. The van der Waals surface area contributed by atoms with Crippen molar-refractivity contribution in [3.8, 4) is 0 Å². The van der Waals surface area contributed by atoms with E-state index in [1.54, 1.807) is 11.8 Å². The Hall–Kier alpha value is -0.190. The smallest absolute Gasteiger partial charge is 0.161 e. The van der Waals surface area contributed by atoms with Crippen LogP contribution in [0.4, 0.5) is 5.69 Å². The fourth-order valence-corrected chi connectivity index (χ4v) is 3.14. The number of thioether (sulfide) groups is 1. The van der Waals surface area contributed by atoms with Crippen LogP contribution in [0.15, 0.2) is 27.7 Å². The summed E-state index contributed by atoms with van der Waals surface area (Å²) in [4.78, 5) is 4.46. The highest BCUT2D eigenvalue weighted by Crippen LogP contribution is 2.29. The van der Waals surface area contributed by atoms with E-state index in [-0.39, 0.29) is 0 Å². The van der Waals surface area contributed by atoms with E-state index in [2.05, 4.69) is 33.2 Å². The van der Waals surface area contributed by atoms with Gasteiger partial charge in [0.1, 0.15) is 0 Å². The number of amidine groups is 1. The van der Waals surface area contributed by atoms with Crippen LogP contribution in [0.2, 0.25) is 5.02 Å². The molecule has 1 heterocycles. The van der Waals surface area contributed by atoms with E-state index in [0.717, 1.165) is 33.3 Å². The summed E-state index contributed by atoms with van der Waals surface area (Å²) in [5.74, 6) is 0. The molecule has 86 valence electrons. The third-order valence-electron chi connectivity index (χ3n) is 2.34. The second-order valence-electron chi connectivity index (χ2n) is 3.54. The van der Waals surface area contributed by atoms with Crippen LogP contribution in [0.3, 0.4) is 0 Å². The van der Waals surface area contributed by atoms with Crippen molar-refractivity contribution in [1.82, 2.24) is 0 Å². The Labute approximate surface area is 113 Å². The number of hydrogen-bond donors (Lipinski definition) is 1. The minimum absolute atomic E-state index is 0.619. The average molecular weight is 320 g/mol. The van der Waals surface area contributed by atoms with Crippen LogP contribution in [0.1, 0.15) is 13.3 Å². The van der Waals surface area contributed by atoms with Crippen molar-refractivity contribution in [2.75, 3.05) is 11.9 Å². The molecule has 0 bridgehead atoms. The normalized spacial score (nSPS) is 19.7. The van der Waals surface area contributed by atoms with Gasteiger partial charge in [-0.05, 0) is 40.5 Å². The van der Waals surface area contributed by atoms with Crippen molar-refractivity contribution in [3.05, 3.63) is 27.7 Å².